The molecule has 0 radical (unpaired) electrons. The standard InChI is InChI=1S/C18H23ClN2O2/c1-13-9-10-15(23-13)11-21(4)18(22)12-20(3)14(2)16-7-5-6-8-17(16)19/h5-10,14H,11-12H2,1-4H3/t14-/m1/s1. The summed E-state index contributed by atoms with van der Waals surface area (Å²) in [6.45, 7) is 4.73. The molecule has 0 unspecified atom stereocenters. The topological polar surface area (TPSA) is 36.7 Å². The summed E-state index contributed by atoms with van der Waals surface area (Å²) in [6, 6.07) is 11.6. The van der Waals surface area contributed by atoms with Crippen LogP contribution in [0.5, 0.6) is 0 Å². The maximum atomic E-state index is 12.4. The van der Waals surface area contributed by atoms with Crippen LogP contribution in [0.15, 0.2) is 40.8 Å². The van der Waals surface area contributed by atoms with Crippen LogP contribution in [0.25, 0.3) is 0 Å². The van der Waals surface area contributed by atoms with Crippen molar-refractivity contribution in [1.29, 1.82) is 0 Å². The van der Waals surface area contributed by atoms with Gasteiger partial charge in [0.25, 0.3) is 0 Å². The average Bonchev–Trinajstić information content (AvgIpc) is 2.92. The predicted molar refractivity (Wildman–Crippen MR) is 92.4 cm³/mol. The normalized spacial score (nSPS) is 12.4. The molecule has 0 aliphatic carbocycles. The van der Waals surface area contributed by atoms with Gasteiger partial charge in [0.15, 0.2) is 0 Å². The number of nitrogens with zero attached hydrogens (tertiary/aromatic N) is 2. The molecule has 5 heteroatoms. The molecule has 1 atom stereocenters. The number of hydrogen-bond acceptors (Lipinski definition) is 3. The predicted octanol–water partition coefficient (Wildman–Crippen LogP) is 3.89. The van der Waals surface area contributed by atoms with Crippen LogP contribution in [0.3, 0.4) is 0 Å². The smallest absolute Gasteiger partial charge is 0.236 e. The maximum Gasteiger partial charge on any atom is 0.236 e. The van der Waals surface area contributed by atoms with Crippen molar-refractivity contribution in [3.8, 4) is 0 Å². The van der Waals surface area contributed by atoms with Gasteiger partial charge in [0, 0.05) is 18.1 Å². The molecule has 0 aliphatic heterocycles. The van der Waals surface area contributed by atoms with Crippen molar-refractivity contribution >= 4 is 17.5 Å². The van der Waals surface area contributed by atoms with E-state index in [9.17, 15) is 4.79 Å². The third kappa shape index (κ3) is 4.60. The molecule has 4 nitrogen and oxygen atoms in total. The van der Waals surface area contributed by atoms with Gasteiger partial charge in [-0.05, 0) is 44.7 Å². The fourth-order valence-corrected chi connectivity index (χ4v) is 2.71. The van der Waals surface area contributed by atoms with Crippen LogP contribution < -0.4 is 0 Å². The fourth-order valence-electron chi connectivity index (χ4n) is 2.41. The Labute approximate surface area is 142 Å². The molecule has 0 spiro atoms. The van der Waals surface area contributed by atoms with E-state index in [0.29, 0.717) is 13.1 Å². The number of carbonyl (C=O) groups excluding carboxylic acids is 1. The summed E-state index contributed by atoms with van der Waals surface area (Å²) in [4.78, 5) is 16.1. The third-order valence-corrected chi connectivity index (χ3v) is 4.36. The van der Waals surface area contributed by atoms with Gasteiger partial charge >= 0.3 is 0 Å². The van der Waals surface area contributed by atoms with Gasteiger partial charge in [-0.3, -0.25) is 9.69 Å². The van der Waals surface area contributed by atoms with Gasteiger partial charge in [0.05, 0.1) is 13.1 Å². The van der Waals surface area contributed by atoms with Crippen LogP contribution in [-0.4, -0.2) is 36.3 Å². The van der Waals surface area contributed by atoms with E-state index in [1.807, 2.05) is 62.2 Å². The molecule has 0 bridgehead atoms. The maximum absolute atomic E-state index is 12.4. The lowest BCUT2D eigenvalue weighted by Crippen LogP contribution is -2.37. The summed E-state index contributed by atoms with van der Waals surface area (Å²) in [5.41, 5.74) is 1.02. The zero-order chi connectivity index (χ0) is 17.0. The Morgan fingerprint density at radius 1 is 1.22 bits per heavy atom. The van der Waals surface area contributed by atoms with Crippen molar-refractivity contribution in [3.05, 3.63) is 58.5 Å². The van der Waals surface area contributed by atoms with Gasteiger partial charge in [0.2, 0.25) is 5.91 Å². The van der Waals surface area contributed by atoms with Crippen molar-refractivity contribution in [2.45, 2.75) is 26.4 Å². The number of halogens is 1. The summed E-state index contributed by atoms with van der Waals surface area (Å²) in [7, 11) is 3.71. The highest BCUT2D eigenvalue weighted by Crippen LogP contribution is 2.26. The first-order valence-corrected chi connectivity index (χ1v) is 8.00. The number of likely N-dealkylation sites (N-methyl/N-ethyl adjacent to an activating group) is 2. The van der Waals surface area contributed by atoms with Crippen molar-refractivity contribution in [2.24, 2.45) is 0 Å². The van der Waals surface area contributed by atoms with E-state index in [-0.39, 0.29) is 11.9 Å². The van der Waals surface area contributed by atoms with Gasteiger partial charge in [-0.1, -0.05) is 29.8 Å². The quantitative estimate of drug-likeness (QED) is 0.804. The first-order chi connectivity index (χ1) is 10.9. The van der Waals surface area contributed by atoms with Crippen LogP contribution in [0.4, 0.5) is 0 Å². The van der Waals surface area contributed by atoms with Crippen molar-refractivity contribution in [2.75, 3.05) is 20.6 Å². The van der Waals surface area contributed by atoms with E-state index in [4.69, 9.17) is 16.0 Å². The van der Waals surface area contributed by atoms with Crippen LogP contribution in [0.2, 0.25) is 5.02 Å². The molecule has 124 valence electrons. The first kappa shape index (κ1) is 17.6. The van der Waals surface area contributed by atoms with Gasteiger partial charge < -0.3 is 9.32 Å². The second-order valence-electron chi connectivity index (χ2n) is 5.87. The van der Waals surface area contributed by atoms with E-state index >= 15 is 0 Å². The van der Waals surface area contributed by atoms with Crippen molar-refractivity contribution in [3.63, 3.8) is 0 Å². The highest BCUT2D eigenvalue weighted by Gasteiger charge is 2.19. The third-order valence-electron chi connectivity index (χ3n) is 4.02. The minimum Gasteiger partial charge on any atom is -0.464 e. The second-order valence-corrected chi connectivity index (χ2v) is 6.28. The zero-order valence-electron chi connectivity index (χ0n) is 14.0. The minimum atomic E-state index is 0.0421. The molecule has 2 rings (SSSR count). The summed E-state index contributed by atoms with van der Waals surface area (Å²) < 4.78 is 5.52. The lowest BCUT2D eigenvalue weighted by molar-refractivity contribution is -0.132. The molecule has 0 N–H and O–H groups in total. The van der Waals surface area contributed by atoms with Crippen LogP contribution in [0.1, 0.15) is 30.0 Å². The number of rotatable bonds is 6. The molecule has 1 heterocycles. The van der Waals surface area contributed by atoms with Gasteiger partial charge in [-0.25, -0.2) is 0 Å². The highest BCUT2D eigenvalue weighted by atomic mass is 35.5. The molecule has 1 amide bonds. The Bertz CT molecular complexity index is 669. The Balaban J connectivity index is 1.94. The van der Waals surface area contributed by atoms with E-state index in [1.165, 1.54) is 0 Å². The first-order valence-electron chi connectivity index (χ1n) is 7.62. The number of amides is 1. The number of carbonyl (C=O) groups is 1. The summed E-state index contributed by atoms with van der Waals surface area (Å²) in [5, 5.41) is 0.721. The Hall–Kier alpha value is -1.78. The van der Waals surface area contributed by atoms with Gasteiger partial charge in [-0.15, -0.1) is 0 Å². The second kappa shape index (κ2) is 7.66. The van der Waals surface area contributed by atoms with Crippen molar-refractivity contribution in [1.82, 2.24) is 9.80 Å². The minimum absolute atomic E-state index is 0.0421. The molecule has 1 aromatic heterocycles. The van der Waals surface area contributed by atoms with Gasteiger partial charge in [-0.2, -0.15) is 0 Å². The SMILES string of the molecule is Cc1ccc(CN(C)C(=O)CN(C)[C@H](C)c2ccccc2Cl)o1. The van der Waals surface area contributed by atoms with Crippen molar-refractivity contribution < 1.29 is 9.21 Å². The molecule has 0 aliphatic rings. The number of hydrogen-bond donors (Lipinski definition) is 0. The molecule has 0 saturated carbocycles. The Kier molecular flexibility index (Phi) is 5.85. The van der Waals surface area contributed by atoms with E-state index in [2.05, 4.69) is 0 Å². The fraction of sp³-hybridized carbons (Fsp3) is 0.389. The summed E-state index contributed by atoms with van der Waals surface area (Å²) >= 11 is 6.24. The molecular formula is C18H23ClN2O2. The number of furan rings is 1. The van der Waals surface area contributed by atoms with E-state index in [0.717, 1.165) is 22.1 Å². The van der Waals surface area contributed by atoms with Crippen LogP contribution in [0, 0.1) is 6.92 Å². The lowest BCUT2D eigenvalue weighted by atomic mass is 10.1. The van der Waals surface area contributed by atoms with Crippen LogP contribution in [-0.2, 0) is 11.3 Å². The van der Waals surface area contributed by atoms with Gasteiger partial charge in [0.1, 0.15) is 11.5 Å². The molecule has 1 aromatic carbocycles. The van der Waals surface area contributed by atoms with E-state index in [1.54, 1.807) is 11.9 Å². The van der Waals surface area contributed by atoms with E-state index < -0.39 is 0 Å². The molecule has 23 heavy (non-hydrogen) atoms. The van der Waals surface area contributed by atoms with Crippen LogP contribution >= 0.6 is 11.6 Å². The Morgan fingerprint density at radius 2 is 1.91 bits per heavy atom. The number of benzene rings is 1. The lowest BCUT2D eigenvalue weighted by Gasteiger charge is -2.27. The number of aryl methyl sites for hydroxylation is 1. The Morgan fingerprint density at radius 3 is 2.52 bits per heavy atom. The average molecular weight is 335 g/mol. The molecular weight excluding hydrogens is 312 g/mol. The molecule has 2 aromatic rings. The summed E-state index contributed by atoms with van der Waals surface area (Å²) in [5.74, 6) is 1.69. The molecule has 0 fully saturated rings. The largest absolute Gasteiger partial charge is 0.464 e. The zero-order valence-corrected chi connectivity index (χ0v) is 14.8. The summed E-state index contributed by atoms with van der Waals surface area (Å²) in [6.07, 6.45) is 0. The molecule has 0 saturated heterocycles. The highest BCUT2D eigenvalue weighted by molar-refractivity contribution is 6.31. The monoisotopic (exact) mass is 334 g/mol.